The van der Waals surface area contributed by atoms with Gasteiger partial charge in [-0.25, -0.2) is 13.1 Å². The van der Waals surface area contributed by atoms with Crippen LogP contribution in [0.1, 0.15) is 31.4 Å². The highest BCUT2D eigenvalue weighted by molar-refractivity contribution is 7.88. The van der Waals surface area contributed by atoms with Crippen LogP contribution in [0.15, 0.2) is 24.3 Å². The summed E-state index contributed by atoms with van der Waals surface area (Å²) in [7, 11) is -3.08. The SMILES string of the molecule is CCC(NCCCNS(C)(=O)=O)c1cccc(Cl)c1. The largest absolute Gasteiger partial charge is 0.310 e. The fraction of sp³-hybridized carbons (Fsp3) is 0.538. The van der Waals surface area contributed by atoms with Gasteiger partial charge in [0, 0.05) is 17.6 Å². The fourth-order valence-electron chi connectivity index (χ4n) is 1.84. The summed E-state index contributed by atoms with van der Waals surface area (Å²) in [5.74, 6) is 0. The maximum absolute atomic E-state index is 10.9. The lowest BCUT2D eigenvalue weighted by Crippen LogP contribution is -2.28. The van der Waals surface area contributed by atoms with Crippen molar-refractivity contribution in [1.82, 2.24) is 10.0 Å². The van der Waals surface area contributed by atoms with Crippen LogP contribution in [0.2, 0.25) is 5.02 Å². The van der Waals surface area contributed by atoms with Gasteiger partial charge in [-0.15, -0.1) is 0 Å². The number of halogens is 1. The Balaban J connectivity index is 2.37. The van der Waals surface area contributed by atoms with Gasteiger partial charge < -0.3 is 5.32 Å². The molecular formula is C13H21ClN2O2S. The highest BCUT2D eigenvalue weighted by atomic mass is 35.5. The number of sulfonamides is 1. The van der Waals surface area contributed by atoms with Crippen molar-refractivity contribution in [3.63, 3.8) is 0 Å². The zero-order valence-electron chi connectivity index (χ0n) is 11.3. The molecule has 0 saturated carbocycles. The molecule has 0 spiro atoms. The molecule has 0 radical (unpaired) electrons. The van der Waals surface area contributed by atoms with Gasteiger partial charge in [0.25, 0.3) is 0 Å². The van der Waals surface area contributed by atoms with E-state index in [1.54, 1.807) is 0 Å². The third-order valence-electron chi connectivity index (χ3n) is 2.77. The first-order valence-corrected chi connectivity index (χ1v) is 8.63. The smallest absolute Gasteiger partial charge is 0.208 e. The number of rotatable bonds is 8. The highest BCUT2D eigenvalue weighted by Crippen LogP contribution is 2.20. The minimum Gasteiger partial charge on any atom is -0.310 e. The van der Waals surface area contributed by atoms with Crippen LogP contribution < -0.4 is 10.0 Å². The Hall–Kier alpha value is -0.620. The molecular weight excluding hydrogens is 284 g/mol. The topological polar surface area (TPSA) is 58.2 Å². The summed E-state index contributed by atoms with van der Waals surface area (Å²) in [5, 5.41) is 4.14. The van der Waals surface area contributed by atoms with E-state index >= 15 is 0 Å². The second-order valence-electron chi connectivity index (χ2n) is 4.49. The average molecular weight is 305 g/mol. The standard InChI is InChI=1S/C13H21ClN2O2S/c1-3-13(11-6-4-7-12(14)10-11)15-8-5-9-16-19(2,17)18/h4,6-7,10,13,15-16H,3,5,8-9H2,1-2H3. The average Bonchev–Trinajstić information content (AvgIpc) is 2.32. The molecule has 1 aromatic rings. The van der Waals surface area contributed by atoms with E-state index in [0.717, 1.165) is 30.0 Å². The van der Waals surface area contributed by atoms with Crippen molar-refractivity contribution in [3.8, 4) is 0 Å². The van der Waals surface area contributed by atoms with Crippen LogP contribution >= 0.6 is 11.6 Å². The number of nitrogens with one attached hydrogen (secondary N) is 2. The van der Waals surface area contributed by atoms with Crippen molar-refractivity contribution in [2.45, 2.75) is 25.8 Å². The van der Waals surface area contributed by atoms with Crippen LogP contribution in [0.25, 0.3) is 0 Å². The lowest BCUT2D eigenvalue weighted by Gasteiger charge is -2.17. The fourth-order valence-corrected chi connectivity index (χ4v) is 2.56. The Labute approximate surface area is 120 Å². The first-order chi connectivity index (χ1) is 8.92. The molecule has 1 atom stereocenters. The van der Waals surface area contributed by atoms with Gasteiger partial charge in [-0.3, -0.25) is 0 Å². The molecule has 0 aliphatic heterocycles. The van der Waals surface area contributed by atoms with Gasteiger partial charge in [0.05, 0.1) is 6.26 Å². The van der Waals surface area contributed by atoms with Crippen LogP contribution in [-0.2, 0) is 10.0 Å². The minimum absolute atomic E-state index is 0.247. The Morgan fingerprint density at radius 1 is 1.32 bits per heavy atom. The minimum atomic E-state index is -3.08. The van der Waals surface area contributed by atoms with E-state index in [-0.39, 0.29) is 6.04 Å². The van der Waals surface area contributed by atoms with Crippen molar-refractivity contribution in [2.75, 3.05) is 19.3 Å². The summed E-state index contributed by atoms with van der Waals surface area (Å²) in [6.45, 7) is 3.32. The summed E-state index contributed by atoms with van der Waals surface area (Å²) < 4.78 is 24.3. The Kier molecular flexibility index (Phi) is 6.79. The van der Waals surface area contributed by atoms with E-state index in [9.17, 15) is 8.42 Å². The molecule has 0 heterocycles. The predicted octanol–water partition coefficient (Wildman–Crippen LogP) is 2.32. The second kappa shape index (κ2) is 7.85. The monoisotopic (exact) mass is 304 g/mol. The van der Waals surface area contributed by atoms with Gasteiger partial charge >= 0.3 is 0 Å². The molecule has 0 fully saturated rings. The van der Waals surface area contributed by atoms with Crippen LogP contribution in [0.4, 0.5) is 0 Å². The van der Waals surface area contributed by atoms with Gasteiger partial charge in [-0.2, -0.15) is 0 Å². The number of benzene rings is 1. The molecule has 1 rings (SSSR count). The quantitative estimate of drug-likeness (QED) is 0.725. The van der Waals surface area contributed by atoms with Gasteiger partial charge in [0.1, 0.15) is 0 Å². The van der Waals surface area contributed by atoms with Gasteiger partial charge in [-0.05, 0) is 37.1 Å². The maximum Gasteiger partial charge on any atom is 0.208 e. The zero-order valence-corrected chi connectivity index (χ0v) is 12.9. The lowest BCUT2D eigenvalue weighted by molar-refractivity contribution is 0.507. The van der Waals surface area contributed by atoms with E-state index in [2.05, 4.69) is 17.0 Å². The predicted molar refractivity (Wildman–Crippen MR) is 80.0 cm³/mol. The molecule has 0 bridgehead atoms. The van der Waals surface area contributed by atoms with E-state index < -0.39 is 10.0 Å². The van der Waals surface area contributed by atoms with Crippen molar-refractivity contribution >= 4 is 21.6 Å². The van der Waals surface area contributed by atoms with Gasteiger partial charge in [-0.1, -0.05) is 30.7 Å². The molecule has 2 N–H and O–H groups in total. The molecule has 0 amide bonds. The molecule has 0 saturated heterocycles. The van der Waals surface area contributed by atoms with Crippen molar-refractivity contribution in [3.05, 3.63) is 34.9 Å². The molecule has 0 aliphatic carbocycles. The van der Waals surface area contributed by atoms with Crippen LogP contribution in [0.5, 0.6) is 0 Å². The summed E-state index contributed by atoms with van der Waals surface area (Å²) in [6, 6.07) is 8.04. The first kappa shape index (κ1) is 16.4. The molecule has 0 aliphatic rings. The van der Waals surface area contributed by atoms with Gasteiger partial charge in [0.2, 0.25) is 10.0 Å². The Morgan fingerprint density at radius 3 is 2.63 bits per heavy atom. The molecule has 4 nitrogen and oxygen atoms in total. The summed E-state index contributed by atoms with van der Waals surface area (Å²) in [5.41, 5.74) is 1.16. The number of hydrogen-bond acceptors (Lipinski definition) is 3. The van der Waals surface area contributed by atoms with Gasteiger partial charge in [0.15, 0.2) is 0 Å². The third kappa shape index (κ3) is 6.92. The zero-order chi connectivity index (χ0) is 14.3. The molecule has 1 aromatic carbocycles. The molecule has 108 valence electrons. The summed E-state index contributed by atoms with van der Waals surface area (Å²) in [4.78, 5) is 0. The van der Waals surface area contributed by atoms with E-state index in [1.165, 1.54) is 6.26 Å². The molecule has 1 unspecified atom stereocenters. The summed E-state index contributed by atoms with van der Waals surface area (Å²) >= 11 is 5.98. The van der Waals surface area contributed by atoms with E-state index in [0.29, 0.717) is 6.54 Å². The maximum atomic E-state index is 10.9. The van der Waals surface area contributed by atoms with Crippen LogP contribution in [0, 0.1) is 0 Å². The lowest BCUT2D eigenvalue weighted by atomic mass is 10.0. The third-order valence-corrected chi connectivity index (χ3v) is 3.73. The highest BCUT2D eigenvalue weighted by Gasteiger charge is 2.08. The molecule has 6 heteroatoms. The Bertz CT molecular complexity index is 491. The summed E-state index contributed by atoms with van der Waals surface area (Å²) in [6.07, 6.45) is 2.88. The molecule has 0 aromatic heterocycles. The van der Waals surface area contributed by atoms with Crippen molar-refractivity contribution in [1.29, 1.82) is 0 Å². The van der Waals surface area contributed by atoms with E-state index in [4.69, 9.17) is 11.6 Å². The first-order valence-electron chi connectivity index (χ1n) is 6.36. The molecule has 19 heavy (non-hydrogen) atoms. The van der Waals surface area contributed by atoms with Crippen molar-refractivity contribution in [2.24, 2.45) is 0 Å². The normalized spacial score (nSPS) is 13.4. The Morgan fingerprint density at radius 2 is 2.05 bits per heavy atom. The van der Waals surface area contributed by atoms with E-state index in [1.807, 2.05) is 24.3 Å². The van der Waals surface area contributed by atoms with Crippen molar-refractivity contribution < 1.29 is 8.42 Å². The number of hydrogen-bond donors (Lipinski definition) is 2. The van der Waals surface area contributed by atoms with Crippen LogP contribution in [0.3, 0.4) is 0 Å². The van der Waals surface area contributed by atoms with Crippen LogP contribution in [-0.4, -0.2) is 27.8 Å². The second-order valence-corrected chi connectivity index (χ2v) is 6.76.